The molecule has 0 spiro atoms. The number of halogens is 2. The van der Waals surface area contributed by atoms with Crippen LogP contribution in [0.15, 0.2) is 18.2 Å². The van der Waals surface area contributed by atoms with Gasteiger partial charge in [-0.2, -0.15) is 0 Å². The van der Waals surface area contributed by atoms with Gasteiger partial charge in [-0.05, 0) is 31.7 Å². The van der Waals surface area contributed by atoms with Crippen molar-refractivity contribution in [2.75, 3.05) is 13.7 Å². The molecule has 0 amide bonds. The number of hydrogen-bond acceptors (Lipinski definition) is 3. The van der Waals surface area contributed by atoms with Crippen LogP contribution in [-0.2, 0) is 15.1 Å². The van der Waals surface area contributed by atoms with Crippen molar-refractivity contribution in [2.45, 2.75) is 19.4 Å². The second kappa shape index (κ2) is 5.23. The minimum atomic E-state index is -1.39. The van der Waals surface area contributed by atoms with Crippen LogP contribution >= 0.6 is 0 Å². The minimum absolute atomic E-state index is 0.0637. The Hall–Kier alpha value is -1.49. The molecule has 1 unspecified atom stereocenters. The third kappa shape index (κ3) is 2.61. The zero-order chi connectivity index (χ0) is 13.1. The molecular formula is C12H15F2NO2. The summed E-state index contributed by atoms with van der Waals surface area (Å²) in [5.41, 5.74) is -1.46. The standard InChI is InChI=1S/C12H15F2NO2/c1-4-15-12(2,11(16)17-3)9-7-8(13)5-6-10(9)14/h5-7,15H,4H2,1-3H3. The van der Waals surface area contributed by atoms with Crippen molar-refractivity contribution < 1.29 is 18.3 Å². The molecule has 17 heavy (non-hydrogen) atoms. The van der Waals surface area contributed by atoms with E-state index in [0.29, 0.717) is 6.54 Å². The number of likely N-dealkylation sites (N-methyl/N-ethyl adjacent to an activating group) is 1. The first-order valence-electron chi connectivity index (χ1n) is 5.24. The summed E-state index contributed by atoms with van der Waals surface area (Å²) in [6.07, 6.45) is 0. The molecule has 0 saturated carbocycles. The monoisotopic (exact) mass is 243 g/mol. The third-order valence-electron chi connectivity index (χ3n) is 2.59. The minimum Gasteiger partial charge on any atom is -0.467 e. The zero-order valence-corrected chi connectivity index (χ0v) is 10.0. The highest BCUT2D eigenvalue weighted by Gasteiger charge is 2.38. The van der Waals surface area contributed by atoms with E-state index in [-0.39, 0.29) is 5.56 Å². The van der Waals surface area contributed by atoms with Crippen molar-refractivity contribution in [1.29, 1.82) is 0 Å². The fraction of sp³-hybridized carbons (Fsp3) is 0.417. The Morgan fingerprint density at radius 1 is 1.47 bits per heavy atom. The Kier molecular flexibility index (Phi) is 4.17. The third-order valence-corrected chi connectivity index (χ3v) is 2.59. The normalized spacial score (nSPS) is 14.2. The molecule has 1 atom stereocenters. The van der Waals surface area contributed by atoms with Gasteiger partial charge in [-0.3, -0.25) is 5.32 Å². The van der Waals surface area contributed by atoms with Gasteiger partial charge >= 0.3 is 5.97 Å². The van der Waals surface area contributed by atoms with E-state index in [9.17, 15) is 13.6 Å². The maximum atomic E-state index is 13.7. The molecule has 5 heteroatoms. The number of carbonyl (C=O) groups excluding carboxylic acids is 1. The van der Waals surface area contributed by atoms with Crippen LogP contribution < -0.4 is 5.32 Å². The highest BCUT2D eigenvalue weighted by Crippen LogP contribution is 2.25. The number of rotatable bonds is 4. The molecule has 0 fully saturated rings. The molecule has 94 valence electrons. The highest BCUT2D eigenvalue weighted by atomic mass is 19.1. The molecule has 1 rings (SSSR count). The van der Waals surface area contributed by atoms with E-state index in [2.05, 4.69) is 10.1 Å². The number of carbonyl (C=O) groups is 1. The molecule has 3 nitrogen and oxygen atoms in total. The zero-order valence-electron chi connectivity index (χ0n) is 10.0. The number of nitrogens with one attached hydrogen (secondary N) is 1. The SMILES string of the molecule is CCNC(C)(C(=O)OC)c1cc(F)ccc1F. The molecule has 0 radical (unpaired) electrons. The van der Waals surface area contributed by atoms with Crippen molar-refractivity contribution in [2.24, 2.45) is 0 Å². The van der Waals surface area contributed by atoms with Crippen LogP contribution in [0.4, 0.5) is 8.78 Å². The molecule has 0 bridgehead atoms. The van der Waals surface area contributed by atoms with Gasteiger partial charge in [-0.1, -0.05) is 6.92 Å². The van der Waals surface area contributed by atoms with E-state index in [1.54, 1.807) is 6.92 Å². The lowest BCUT2D eigenvalue weighted by Gasteiger charge is -2.28. The number of esters is 1. The Morgan fingerprint density at radius 2 is 2.12 bits per heavy atom. The van der Waals surface area contributed by atoms with Crippen LogP contribution in [0.2, 0.25) is 0 Å². The number of hydrogen-bond donors (Lipinski definition) is 1. The Bertz CT molecular complexity index is 423. The van der Waals surface area contributed by atoms with Crippen LogP contribution in [0.25, 0.3) is 0 Å². The summed E-state index contributed by atoms with van der Waals surface area (Å²) in [4.78, 5) is 11.7. The van der Waals surface area contributed by atoms with E-state index >= 15 is 0 Å². The van der Waals surface area contributed by atoms with Crippen molar-refractivity contribution in [3.8, 4) is 0 Å². The van der Waals surface area contributed by atoms with Crippen molar-refractivity contribution in [1.82, 2.24) is 5.32 Å². The quantitative estimate of drug-likeness (QED) is 0.821. The van der Waals surface area contributed by atoms with Gasteiger partial charge in [-0.25, -0.2) is 13.6 Å². The van der Waals surface area contributed by atoms with E-state index in [1.807, 2.05) is 0 Å². The predicted molar refractivity (Wildman–Crippen MR) is 59.4 cm³/mol. The van der Waals surface area contributed by atoms with E-state index in [0.717, 1.165) is 18.2 Å². The summed E-state index contributed by atoms with van der Waals surface area (Å²) < 4.78 is 31.4. The van der Waals surface area contributed by atoms with Gasteiger partial charge in [0.15, 0.2) is 0 Å². The lowest BCUT2D eigenvalue weighted by atomic mass is 9.91. The summed E-state index contributed by atoms with van der Waals surface area (Å²) in [5, 5.41) is 2.81. The summed E-state index contributed by atoms with van der Waals surface area (Å²) in [7, 11) is 1.20. The second-order valence-corrected chi connectivity index (χ2v) is 3.77. The Labute approximate surface area is 98.8 Å². The van der Waals surface area contributed by atoms with Gasteiger partial charge in [0.1, 0.15) is 17.2 Å². The molecule has 1 aromatic rings. The van der Waals surface area contributed by atoms with E-state index in [1.165, 1.54) is 14.0 Å². The van der Waals surface area contributed by atoms with Gasteiger partial charge in [-0.15, -0.1) is 0 Å². The van der Waals surface area contributed by atoms with Gasteiger partial charge in [0.25, 0.3) is 0 Å². The Morgan fingerprint density at radius 3 is 2.65 bits per heavy atom. The van der Waals surface area contributed by atoms with E-state index < -0.39 is 23.1 Å². The largest absolute Gasteiger partial charge is 0.467 e. The maximum absolute atomic E-state index is 13.7. The van der Waals surface area contributed by atoms with E-state index in [4.69, 9.17) is 0 Å². The molecule has 0 aliphatic carbocycles. The molecule has 0 aliphatic heterocycles. The smallest absolute Gasteiger partial charge is 0.330 e. The molecule has 1 N–H and O–H groups in total. The summed E-state index contributed by atoms with van der Waals surface area (Å²) >= 11 is 0. The first-order chi connectivity index (χ1) is 7.95. The molecule has 0 heterocycles. The average molecular weight is 243 g/mol. The number of ether oxygens (including phenoxy) is 1. The number of benzene rings is 1. The van der Waals surface area contributed by atoms with Crippen molar-refractivity contribution in [3.05, 3.63) is 35.4 Å². The van der Waals surface area contributed by atoms with Crippen LogP contribution in [0.3, 0.4) is 0 Å². The fourth-order valence-corrected chi connectivity index (χ4v) is 1.72. The summed E-state index contributed by atoms with van der Waals surface area (Å²) in [6.45, 7) is 3.64. The Balaban J connectivity index is 3.31. The van der Waals surface area contributed by atoms with Crippen LogP contribution in [-0.4, -0.2) is 19.6 Å². The van der Waals surface area contributed by atoms with Gasteiger partial charge in [0.05, 0.1) is 7.11 Å². The molecular weight excluding hydrogens is 228 g/mol. The predicted octanol–water partition coefficient (Wildman–Crippen LogP) is 1.96. The molecule has 1 aromatic carbocycles. The van der Waals surface area contributed by atoms with Gasteiger partial charge in [0, 0.05) is 5.56 Å². The van der Waals surface area contributed by atoms with Crippen LogP contribution in [0, 0.1) is 11.6 Å². The fourth-order valence-electron chi connectivity index (χ4n) is 1.72. The highest BCUT2D eigenvalue weighted by molar-refractivity contribution is 5.82. The lowest BCUT2D eigenvalue weighted by Crippen LogP contribution is -2.48. The van der Waals surface area contributed by atoms with Crippen molar-refractivity contribution in [3.63, 3.8) is 0 Å². The first-order valence-corrected chi connectivity index (χ1v) is 5.24. The summed E-state index contributed by atoms with van der Waals surface area (Å²) in [6, 6.07) is 2.99. The second-order valence-electron chi connectivity index (χ2n) is 3.77. The topological polar surface area (TPSA) is 38.3 Å². The first kappa shape index (κ1) is 13.6. The summed E-state index contributed by atoms with van der Waals surface area (Å²) in [5.74, 6) is -1.92. The molecule has 0 aliphatic rings. The lowest BCUT2D eigenvalue weighted by molar-refractivity contribution is -0.148. The van der Waals surface area contributed by atoms with Gasteiger partial charge in [0.2, 0.25) is 0 Å². The van der Waals surface area contributed by atoms with Crippen molar-refractivity contribution >= 4 is 5.97 Å². The average Bonchev–Trinajstić information content (AvgIpc) is 2.31. The molecule has 0 saturated heterocycles. The van der Waals surface area contributed by atoms with Gasteiger partial charge < -0.3 is 4.74 Å². The molecule has 0 aromatic heterocycles. The number of methoxy groups -OCH3 is 1. The van der Waals surface area contributed by atoms with Crippen LogP contribution in [0.1, 0.15) is 19.4 Å². The maximum Gasteiger partial charge on any atom is 0.330 e. The van der Waals surface area contributed by atoms with Crippen LogP contribution in [0.5, 0.6) is 0 Å².